The molecular formula is C11H8ClN5OS. The Bertz CT molecular complexity index is 767. The van der Waals surface area contributed by atoms with E-state index >= 15 is 0 Å². The van der Waals surface area contributed by atoms with E-state index in [0.29, 0.717) is 16.5 Å². The average Bonchev–Trinajstić information content (AvgIpc) is 2.87. The van der Waals surface area contributed by atoms with Gasteiger partial charge >= 0.3 is 0 Å². The van der Waals surface area contributed by atoms with E-state index in [1.807, 2.05) is 24.3 Å². The van der Waals surface area contributed by atoms with Gasteiger partial charge in [-0.2, -0.15) is 9.73 Å². The van der Waals surface area contributed by atoms with Gasteiger partial charge in [0.05, 0.1) is 5.69 Å². The lowest BCUT2D eigenvalue weighted by Crippen LogP contribution is -2.15. The van der Waals surface area contributed by atoms with Crippen LogP contribution < -0.4 is 5.56 Å². The Labute approximate surface area is 116 Å². The molecule has 0 atom stereocenters. The van der Waals surface area contributed by atoms with E-state index in [1.54, 1.807) is 11.8 Å². The molecule has 0 saturated heterocycles. The van der Waals surface area contributed by atoms with Crippen molar-refractivity contribution in [3.63, 3.8) is 0 Å². The van der Waals surface area contributed by atoms with Crippen molar-refractivity contribution in [1.29, 1.82) is 0 Å². The minimum Gasteiger partial charge on any atom is -0.267 e. The molecule has 1 N–H and O–H groups in total. The quantitative estimate of drug-likeness (QED) is 0.745. The van der Waals surface area contributed by atoms with E-state index in [1.165, 1.54) is 10.6 Å². The van der Waals surface area contributed by atoms with Crippen molar-refractivity contribution in [2.75, 3.05) is 0 Å². The number of tetrazole rings is 1. The lowest BCUT2D eigenvalue weighted by molar-refractivity contribution is 0.798. The predicted octanol–water partition coefficient (Wildman–Crippen LogP) is 1.76. The molecule has 0 unspecified atom stereocenters. The molecular weight excluding hydrogens is 286 g/mol. The molecule has 3 aromatic rings. The molecule has 0 amide bonds. The first-order chi connectivity index (χ1) is 9.22. The van der Waals surface area contributed by atoms with Crippen molar-refractivity contribution >= 4 is 29.1 Å². The number of nitrogens with zero attached hydrogens (tertiary/aromatic N) is 4. The molecule has 8 heteroatoms. The number of benzene rings is 1. The zero-order chi connectivity index (χ0) is 13.2. The van der Waals surface area contributed by atoms with Crippen LogP contribution in [0.3, 0.4) is 0 Å². The van der Waals surface area contributed by atoms with Crippen molar-refractivity contribution in [3.8, 4) is 0 Å². The molecule has 0 aliphatic carbocycles. The van der Waals surface area contributed by atoms with Crippen molar-refractivity contribution in [3.05, 3.63) is 51.4 Å². The highest BCUT2D eigenvalue weighted by Crippen LogP contribution is 2.23. The van der Waals surface area contributed by atoms with Gasteiger partial charge in [-0.15, -0.1) is 11.8 Å². The second kappa shape index (κ2) is 5.02. The fraction of sp³-hybridized carbons (Fsp3) is 0.0909. The lowest BCUT2D eigenvalue weighted by Gasteiger charge is -2.01. The monoisotopic (exact) mass is 293 g/mol. The Morgan fingerprint density at radius 3 is 2.89 bits per heavy atom. The molecule has 0 saturated carbocycles. The van der Waals surface area contributed by atoms with E-state index in [-0.39, 0.29) is 11.3 Å². The van der Waals surface area contributed by atoms with Gasteiger partial charge in [0.15, 0.2) is 0 Å². The highest BCUT2D eigenvalue weighted by atomic mass is 35.5. The van der Waals surface area contributed by atoms with Crippen LogP contribution >= 0.6 is 23.4 Å². The van der Waals surface area contributed by atoms with Crippen LogP contribution in [0.5, 0.6) is 0 Å². The van der Waals surface area contributed by atoms with Gasteiger partial charge in [-0.3, -0.25) is 4.79 Å². The summed E-state index contributed by atoms with van der Waals surface area (Å²) >= 11 is 7.39. The largest absolute Gasteiger partial charge is 0.275 e. The summed E-state index contributed by atoms with van der Waals surface area (Å²) in [5, 5.41) is 10.4. The average molecular weight is 294 g/mol. The zero-order valence-electron chi connectivity index (χ0n) is 9.58. The Morgan fingerprint density at radius 2 is 2.11 bits per heavy atom. The van der Waals surface area contributed by atoms with E-state index in [9.17, 15) is 4.79 Å². The number of rotatable bonds is 3. The third-order valence-corrected chi connectivity index (χ3v) is 3.74. The number of nitrogens with one attached hydrogen (secondary N) is 1. The first-order valence-corrected chi connectivity index (χ1v) is 6.77. The molecule has 0 aliphatic heterocycles. The van der Waals surface area contributed by atoms with Gasteiger partial charge in [0.2, 0.25) is 0 Å². The third kappa shape index (κ3) is 2.61. The first kappa shape index (κ1) is 12.2. The molecule has 1 aromatic carbocycles. The van der Waals surface area contributed by atoms with E-state index in [2.05, 4.69) is 20.5 Å². The summed E-state index contributed by atoms with van der Waals surface area (Å²) in [5.74, 6) is 0.861. The summed E-state index contributed by atoms with van der Waals surface area (Å²) in [6, 6.07) is 8.97. The number of H-pyrrole nitrogens is 1. The molecule has 0 bridgehead atoms. The summed E-state index contributed by atoms with van der Waals surface area (Å²) in [5.41, 5.74) is 0.445. The molecule has 2 heterocycles. The van der Waals surface area contributed by atoms with Gasteiger partial charge in [-0.1, -0.05) is 16.7 Å². The number of hydrogen-bond acceptors (Lipinski definition) is 5. The second-order valence-corrected chi connectivity index (χ2v) is 5.25. The summed E-state index contributed by atoms with van der Waals surface area (Å²) in [6.45, 7) is 0. The predicted molar refractivity (Wildman–Crippen MR) is 72.4 cm³/mol. The number of thioether (sulfide) groups is 1. The normalized spacial score (nSPS) is 11.0. The molecule has 6 nitrogen and oxygen atoms in total. The zero-order valence-corrected chi connectivity index (χ0v) is 11.1. The standard InChI is InChI=1S/C11H8ClN5OS/c12-7-1-3-9(4-2-7)19-6-8-5-10(18)17-11(13-8)14-15-16-17/h1-5H,6H2,(H,13,14,16). The topological polar surface area (TPSA) is 75.9 Å². The van der Waals surface area contributed by atoms with Gasteiger partial charge in [-0.25, -0.2) is 4.98 Å². The van der Waals surface area contributed by atoms with E-state index in [4.69, 9.17) is 11.6 Å². The highest BCUT2D eigenvalue weighted by Gasteiger charge is 2.05. The van der Waals surface area contributed by atoms with Gasteiger partial charge in [0.25, 0.3) is 11.3 Å². The van der Waals surface area contributed by atoms with Gasteiger partial charge in [0, 0.05) is 21.7 Å². The second-order valence-electron chi connectivity index (χ2n) is 3.76. The molecule has 0 aliphatic rings. The van der Waals surface area contributed by atoms with Crippen LogP contribution in [-0.2, 0) is 5.75 Å². The van der Waals surface area contributed by atoms with Crippen LogP contribution in [0.15, 0.2) is 40.0 Å². The van der Waals surface area contributed by atoms with Crippen molar-refractivity contribution < 1.29 is 0 Å². The van der Waals surface area contributed by atoms with E-state index < -0.39 is 0 Å². The van der Waals surface area contributed by atoms with Crippen LogP contribution in [0.4, 0.5) is 0 Å². The van der Waals surface area contributed by atoms with Crippen LogP contribution in [-0.4, -0.2) is 25.0 Å². The van der Waals surface area contributed by atoms with Gasteiger partial charge < -0.3 is 0 Å². The lowest BCUT2D eigenvalue weighted by atomic mass is 10.4. The minimum absolute atomic E-state index is 0.221. The van der Waals surface area contributed by atoms with Crippen LogP contribution in [0, 0.1) is 0 Å². The van der Waals surface area contributed by atoms with Crippen LogP contribution in [0.1, 0.15) is 5.69 Å². The molecule has 0 fully saturated rings. The Kier molecular flexibility index (Phi) is 3.22. The molecule has 0 radical (unpaired) electrons. The summed E-state index contributed by atoms with van der Waals surface area (Å²) < 4.78 is 1.19. The molecule has 3 rings (SSSR count). The van der Waals surface area contributed by atoms with Crippen molar-refractivity contribution in [2.24, 2.45) is 0 Å². The fourth-order valence-electron chi connectivity index (χ4n) is 1.55. The number of aromatic amines is 1. The Hall–Kier alpha value is -1.86. The van der Waals surface area contributed by atoms with Crippen molar-refractivity contribution in [2.45, 2.75) is 10.6 Å². The maximum atomic E-state index is 11.7. The maximum absolute atomic E-state index is 11.7. The fourth-order valence-corrected chi connectivity index (χ4v) is 2.47. The van der Waals surface area contributed by atoms with E-state index in [0.717, 1.165) is 4.90 Å². The number of aromatic nitrogens is 5. The minimum atomic E-state index is -0.221. The molecule has 2 aromatic heterocycles. The number of hydrogen-bond donors (Lipinski definition) is 1. The Balaban J connectivity index is 1.81. The van der Waals surface area contributed by atoms with Crippen LogP contribution in [0.25, 0.3) is 5.78 Å². The SMILES string of the molecule is O=c1cc(CSc2ccc(Cl)cc2)nc2nn[nH]n12. The third-order valence-electron chi connectivity index (χ3n) is 2.44. The first-order valence-electron chi connectivity index (χ1n) is 5.40. The maximum Gasteiger partial charge on any atom is 0.275 e. The smallest absolute Gasteiger partial charge is 0.267 e. The summed E-state index contributed by atoms with van der Waals surface area (Å²) in [7, 11) is 0. The molecule has 96 valence electrons. The number of halogens is 1. The van der Waals surface area contributed by atoms with Gasteiger partial charge in [0.1, 0.15) is 0 Å². The van der Waals surface area contributed by atoms with Gasteiger partial charge in [-0.05, 0) is 29.5 Å². The molecule has 19 heavy (non-hydrogen) atoms. The van der Waals surface area contributed by atoms with Crippen LogP contribution in [0.2, 0.25) is 5.02 Å². The Morgan fingerprint density at radius 1 is 1.32 bits per heavy atom. The molecule has 0 spiro atoms. The van der Waals surface area contributed by atoms with Crippen molar-refractivity contribution in [1.82, 2.24) is 25.0 Å². The highest BCUT2D eigenvalue weighted by molar-refractivity contribution is 7.98. The summed E-state index contributed by atoms with van der Waals surface area (Å²) in [4.78, 5) is 17.0. The number of fused-ring (bicyclic) bond motifs is 1. The summed E-state index contributed by atoms with van der Waals surface area (Å²) in [6.07, 6.45) is 0.